The maximum atomic E-state index is 13.3. The number of benzene rings is 2. The number of nitrogens with zero attached hydrogens (tertiary/aromatic N) is 2. The molecule has 4 amide bonds. The number of hydrogen-bond acceptors (Lipinski definition) is 4. The highest BCUT2D eigenvalue weighted by Crippen LogP contribution is 2.40. The van der Waals surface area contributed by atoms with E-state index in [9.17, 15) is 14.4 Å². The predicted octanol–water partition coefficient (Wildman–Crippen LogP) is 1.80. The van der Waals surface area contributed by atoms with Crippen LogP contribution in [0.25, 0.3) is 0 Å². The van der Waals surface area contributed by atoms with Gasteiger partial charge in [-0.3, -0.25) is 14.5 Å². The Morgan fingerprint density at radius 3 is 2.69 bits per heavy atom. The van der Waals surface area contributed by atoms with Crippen molar-refractivity contribution >= 4 is 17.8 Å². The number of rotatable bonds is 2. The first-order valence-corrected chi connectivity index (χ1v) is 9.79. The smallest absolute Gasteiger partial charge is 0.325 e. The molecule has 2 aromatic carbocycles. The highest BCUT2D eigenvalue weighted by Gasteiger charge is 2.55. The number of ether oxygens (including phenoxy) is 1. The molecule has 0 bridgehead atoms. The third-order valence-electron chi connectivity index (χ3n) is 6.03. The Labute approximate surface area is 168 Å². The quantitative estimate of drug-likeness (QED) is 0.792. The van der Waals surface area contributed by atoms with E-state index in [-0.39, 0.29) is 18.4 Å². The summed E-state index contributed by atoms with van der Waals surface area (Å²) < 4.78 is 5.64. The van der Waals surface area contributed by atoms with E-state index < -0.39 is 11.6 Å². The van der Waals surface area contributed by atoms with Gasteiger partial charge in [0.15, 0.2) is 5.54 Å². The van der Waals surface area contributed by atoms with Gasteiger partial charge in [0, 0.05) is 25.1 Å². The van der Waals surface area contributed by atoms with E-state index in [0.717, 1.165) is 16.9 Å². The minimum atomic E-state index is -1.15. The summed E-state index contributed by atoms with van der Waals surface area (Å²) in [5.74, 6) is -0.0161. The van der Waals surface area contributed by atoms with E-state index in [0.29, 0.717) is 37.4 Å². The molecular formula is C22H21N3O4. The second kappa shape index (κ2) is 6.62. The molecule has 0 unspecified atom stereocenters. The van der Waals surface area contributed by atoms with Crippen molar-refractivity contribution in [2.75, 3.05) is 19.7 Å². The number of fused-ring (bicyclic) bond motifs is 3. The molecule has 29 heavy (non-hydrogen) atoms. The number of carbonyl (C=O) groups is 3. The van der Waals surface area contributed by atoms with Gasteiger partial charge in [0.05, 0.1) is 6.61 Å². The van der Waals surface area contributed by atoms with Gasteiger partial charge in [0.1, 0.15) is 12.3 Å². The molecule has 3 heterocycles. The lowest BCUT2D eigenvalue weighted by Gasteiger charge is -2.33. The molecule has 1 saturated heterocycles. The SMILES string of the molecule is O=C(CN1C(=O)N[C@]2(CCOc3ccccc32)C1=O)N1CCc2ccccc2C1. The summed E-state index contributed by atoms with van der Waals surface area (Å²) in [4.78, 5) is 41.6. The number of carbonyl (C=O) groups excluding carboxylic acids is 3. The summed E-state index contributed by atoms with van der Waals surface area (Å²) in [6.45, 7) is 1.16. The number of urea groups is 1. The van der Waals surface area contributed by atoms with Crippen molar-refractivity contribution < 1.29 is 19.1 Å². The topological polar surface area (TPSA) is 79.0 Å². The molecule has 1 N–H and O–H groups in total. The molecular weight excluding hydrogens is 370 g/mol. The van der Waals surface area contributed by atoms with Crippen LogP contribution >= 0.6 is 0 Å². The molecule has 7 heteroatoms. The Morgan fingerprint density at radius 1 is 1.07 bits per heavy atom. The molecule has 1 fully saturated rings. The summed E-state index contributed by atoms with van der Waals surface area (Å²) in [6, 6.07) is 14.7. The highest BCUT2D eigenvalue weighted by atomic mass is 16.5. The summed E-state index contributed by atoms with van der Waals surface area (Å²) in [5.41, 5.74) is 1.84. The van der Waals surface area contributed by atoms with Crippen LogP contribution in [0.2, 0.25) is 0 Å². The van der Waals surface area contributed by atoms with Gasteiger partial charge in [-0.25, -0.2) is 4.79 Å². The largest absolute Gasteiger partial charge is 0.493 e. The van der Waals surface area contributed by atoms with Gasteiger partial charge in [-0.2, -0.15) is 0 Å². The first-order valence-electron chi connectivity index (χ1n) is 9.79. The third-order valence-corrected chi connectivity index (χ3v) is 6.03. The monoisotopic (exact) mass is 391 g/mol. The van der Waals surface area contributed by atoms with Crippen molar-refractivity contribution in [2.24, 2.45) is 0 Å². The molecule has 0 radical (unpaired) electrons. The number of amides is 4. The van der Waals surface area contributed by atoms with Crippen LogP contribution in [0.3, 0.4) is 0 Å². The predicted molar refractivity (Wildman–Crippen MR) is 104 cm³/mol. The van der Waals surface area contributed by atoms with E-state index in [1.54, 1.807) is 17.0 Å². The zero-order valence-corrected chi connectivity index (χ0v) is 15.9. The van der Waals surface area contributed by atoms with Crippen molar-refractivity contribution in [1.29, 1.82) is 0 Å². The lowest BCUT2D eigenvalue weighted by atomic mass is 9.84. The van der Waals surface area contributed by atoms with Crippen molar-refractivity contribution in [2.45, 2.75) is 24.9 Å². The maximum absolute atomic E-state index is 13.3. The molecule has 148 valence electrons. The minimum Gasteiger partial charge on any atom is -0.493 e. The molecule has 3 aliphatic heterocycles. The molecule has 5 rings (SSSR count). The van der Waals surface area contributed by atoms with E-state index in [1.807, 2.05) is 30.3 Å². The molecule has 2 aromatic rings. The molecule has 1 atom stereocenters. The van der Waals surface area contributed by atoms with Crippen LogP contribution in [0.1, 0.15) is 23.1 Å². The fourth-order valence-electron chi connectivity index (χ4n) is 4.46. The molecule has 1 spiro atoms. The molecule has 7 nitrogen and oxygen atoms in total. The van der Waals surface area contributed by atoms with Crippen LogP contribution in [0, 0.1) is 0 Å². The zero-order valence-electron chi connectivity index (χ0n) is 15.9. The van der Waals surface area contributed by atoms with Gasteiger partial charge < -0.3 is 15.0 Å². The Kier molecular flexibility index (Phi) is 4.04. The standard InChI is InChI=1S/C22H21N3O4/c26-19(24-11-9-15-5-1-2-6-16(15)13-24)14-25-20(27)22(23-21(25)28)10-12-29-18-8-4-3-7-17(18)22/h1-8H,9-14H2,(H,23,28)/t22-/m0/s1. The van der Waals surface area contributed by atoms with E-state index >= 15 is 0 Å². The summed E-state index contributed by atoms with van der Waals surface area (Å²) in [5, 5.41) is 2.84. The molecule has 0 aromatic heterocycles. The van der Waals surface area contributed by atoms with E-state index in [2.05, 4.69) is 11.4 Å². The Hall–Kier alpha value is -3.35. The number of imide groups is 1. The second-order valence-corrected chi connectivity index (χ2v) is 7.66. The van der Waals surface area contributed by atoms with Crippen molar-refractivity contribution in [3.05, 3.63) is 65.2 Å². The van der Waals surface area contributed by atoms with Crippen molar-refractivity contribution in [3.8, 4) is 5.75 Å². The van der Waals surface area contributed by atoms with Crippen LogP contribution < -0.4 is 10.1 Å². The van der Waals surface area contributed by atoms with Gasteiger partial charge in [0.25, 0.3) is 5.91 Å². The molecule has 3 aliphatic rings. The van der Waals surface area contributed by atoms with Crippen molar-refractivity contribution in [1.82, 2.24) is 15.1 Å². The molecule has 0 saturated carbocycles. The van der Waals surface area contributed by atoms with Gasteiger partial charge in [-0.1, -0.05) is 42.5 Å². The van der Waals surface area contributed by atoms with Gasteiger partial charge in [-0.15, -0.1) is 0 Å². The van der Waals surface area contributed by atoms with Crippen LogP contribution in [0.5, 0.6) is 5.75 Å². The zero-order chi connectivity index (χ0) is 20.0. The van der Waals surface area contributed by atoms with Gasteiger partial charge >= 0.3 is 6.03 Å². The lowest BCUT2D eigenvalue weighted by molar-refractivity contribution is -0.140. The molecule has 0 aliphatic carbocycles. The van der Waals surface area contributed by atoms with Crippen LogP contribution in [0.15, 0.2) is 48.5 Å². The summed E-state index contributed by atoms with van der Waals surface area (Å²) in [7, 11) is 0. The number of hydrogen-bond donors (Lipinski definition) is 1. The normalized spacial score (nSPS) is 22.8. The Morgan fingerprint density at radius 2 is 1.83 bits per heavy atom. The van der Waals surface area contributed by atoms with Gasteiger partial charge in [-0.05, 0) is 23.6 Å². The second-order valence-electron chi connectivity index (χ2n) is 7.66. The number of nitrogens with one attached hydrogen (secondary N) is 1. The van der Waals surface area contributed by atoms with Crippen molar-refractivity contribution in [3.63, 3.8) is 0 Å². The average molecular weight is 391 g/mol. The van der Waals surface area contributed by atoms with Crippen LogP contribution in [-0.2, 0) is 28.1 Å². The lowest BCUT2D eigenvalue weighted by Crippen LogP contribution is -2.48. The Bertz CT molecular complexity index is 1020. The van der Waals surface area contributed by atoms with Crippen LogP contribution in [-0.4, -0.2) is 47.3 Å². The van der Waals surface area contributed by atoms with E-state index in [4.69, 9.17) is 4.74 Å². The van der Waals surface area contributed by atoms with Gasteiger partial charge in [0.2, 0.25) is 5.91 Å². The average Bonchev–Trinajstić information content (AvgIpc) is 2.98. The summed E-state index contributed by atoms with van der Waals surface area (Å²) >= 11 is 0. The first-order chi connectivity index (χ1) is 14.1. The van der Waals surface area contributed by atoms with Crippen LogP contribution in [0.4, 0.5) is 4.79 Å². The summed E-state index contributed by atoms with van der Waals surface area (Å²) in [6.07, 6.45) is 1.12. The highest BCUT2D eigenvalue weighted by molar-refractivity contribution is 6.09. The number of para-hydroxylation sites is 1. The third kappa shape index (κ3) is 2.76. The first kappa shape index (κ1) is 17.7. The fourth-order valence-corrected chi connectivity index (χ4v) is 4.46. The fraction of sp³-hybridized carbons (Fsp3) is 0.318. The maximum Gasteiger partial charge on any atom is 0.325 e. The van der Waals surface area contributed by atoms with E-state index in [1.165, 1.54) is 5.56 Å². The Balaban J connectivity index is 1.36. The minimum absolute atomic E-state index is 0.222.